The highest BCUT2D eigenvalue weighted by atomic mass is 19.4. The zero-order chi connectivity index (χ0) is 17.5. The third kappa shape index (κ3) is 3.28. The number of rotatable bonds is 2. The van der Waals surface area contributed by atoms with Crippen LogP contribution < -0.4 is 0 Å². The van der Waals surface area contributed by atoms with Gasteiger partial charge < -0.3 is 10.2 Å². The first-order valence-electron chi connectivity index (χ1n) is 7.19. The molecule has 0 unspecified atom stereocenters. The van der Waals surface area contributed by atoms with Crippen LogP contribution in [0.2, 0.25) is 0 Å². The van der Waals surface area contributed by atoms with Crippen molar-refractivity contribution in [1.82, 2.24) is 0 Å². The first-order chi connectivity index (χ1) is 10.5. The van der Waals surface area contributed by atoms with Gasteiger partial charge in [-0.15, -0.1) is 0 Å². The van der Waals surface area contributed by atoms with Gasteiger partial charge in [-0.05, 0) is 73.2 Å². The topological polar surface area (TPSA) is 40.5 Å². The molecule has 2 aromatic rings. The molecule has 0 heterocycles. The minimum Gasteiger partial charge on any atom is -0.508 e. The van der Waals surface area contributed by atoms with Gasteiger partial charge in [0.25, 0.3) is 0 Å². The van der Waals surface area contributed by atoms with Gasteiger partial charge in [-0.3, -0.25) is 0 Å². The van der Waals surface area contributed by atoms with Gasteiger partial charge in [-0.2, -0.15) is 13.2 Å². The number of aryl methyl sites for hydroxylation is 4. The molecule has 124 valence electrons. The Kier molecular flexibility index (Phi) is 4.33. The number of hydrogen-bond donors (Lipinski definition) is 2. The Hall–Kier alpha value is -2.17. The molecule has 2 aromatic carbocycles. The summed E-state index contributed by atoms with van der Waals surface area (Å²) in [5.74, 6) is -1.85. The first-order valence-corrected chi connectivity index (χ1v) is 7.19. The lowest BCUT2D eigenvalue weighted by Crippen LogP contribution is -2.24. The van der Waals surface area contributed by atoms with Crippen LogP contribution in [0.3, 0.4) is 0 Å². The third-order valence-corrected chi connectivity index (χ3v) is 4.12. The third-order valence-electron chi connectivity index (χ3n) is 4.12. The first kappa shape index (κ1) is 17.2. The van der Waals surface area contributed by atoms with Crippen molar-refractivity contribution in [2.24, 2.45) is 0 Å². The summed E-state index contributed by atoms with van der Waals surface area (Å²) in [5, 5.41) is 19.4. The molecule has 0 bridgehead atoms. The zero-order valence-corrected chi connectivity index (χ0v) is 13.4. The van der Waals surface area contributed by atoms with E-state index in [9.17, 15) is 23.4 Å². The Morgan fingerprint density at radius 3 is 1.35 bits per heavy atom. The fraction of sp³-hybridized carbons (Fsp3) is 0.333. The van der Waals surface area contributed by atoms with E-state index in [2.05, 4.69) is 0 Å². The lowest BCUT2D eigenvalue weighted by molar-refractivity contribution is -0.141. The molecule has 0 amide bonds. The summed E-state index contributed by atoms with van der Waals surface area (Å²) < 4.78 is 41.4. The number of hydrogen-bond acceptors (Lipinski definition) is 2. The van der Waals surface area contributed by atoms with E-state index < -0.39 is 12.1 Å². The van der Waals surface area contributed by atoms with Crippen LogP contribution in [0.5, 0.6) is 11.5 Å². The van der Waals surface area contributed by atoms with Crippen molar-refractivity contribution in [2.45, 2.75) is 39.8 Å². The SMILES string of the molecule is Cc1cc(C(c2cc(C)c(O)cc2C)C(F)(F)F)c(C)cc1O. The Balaban J connectivity index is 2.74. The van der Waals surface area contributed by atoms with E-state index in [1.54, 1.807) is 27.7 Å². The molecule has 0 spiro atoms. The van der Waals surface area contributed by atoms with E-state index in [1.807, 2.05) is 0 Å². The minimum absolute atomic E-state index is 0.0224. The largest absolute Gasteiger partial charge is 0.508 e. The maximum atomic E-state index is 13.8. The van der Waals surface area contributed by atoms with E-state index in [4.69, 9.17) is 0 Å². The minimum atomic E-state index is -4.48. The number of phenolic OH excluding ortho intramolecular Hbond substituents is 2. The summed E-state index contributed by atoms with van der Waals surface area (Å²) >= 11 is 0. The van der Waals surface area contributed by atoms with Crippen LogP contribution in [0.4, 0.5) is 13.2 Å². The summed E-state index contributed by atoms with van der Waals surface area (Å²) in [6.07, 6.45) is -4.48. The van der Waals surface area contributed by atoms with Gasteiger partial charge in [-0.1, -0.05) is 12.1 Å². The summed E-state index contributed by atoms with van der Waals surface area (Å²) in [6.45, 7) is 6.24. The lowest BCUT2D eigenvalue weighted by Gasteiger charge is -2.25. The fourth-order valence-electron chi connectivity index (χ4n) is 2.79. The number of halogens is 3. The van der Waals surface area contributed by atoms with Crippen molar-refractivity contribution in [3.8, 4) is 11.5 Å². The molecule has 0 fully saturated rings. The fourth-order valence-corrected chi connectivity index (χ4v) is 2.79. The number of phenols is 2. The Morgan fingerprint density at radius 2 is 1.04 bits per heavy atom. The molecule has 0 saturated heterocycles. The quantitative estimate of drug-likeness (QED) is 0.814. The second-order valence-corrected chi connectivity index (χ2v) is 5.97. The van der Waals surface area contributed by atoms with Crippen LogP contribution in [0.15, 0.2) is 24.3 Å². The van der Waals surface area contributed by atoms with Crippen molar-refractivity contribution in [3.63, 3.8) is 0 Å². The maximum Gasteiger partial charge on any atom is 0.399 e. The summed E-state index contributed by atoms with van der Waals surface area (Å²) in [7, 11) is 0. The smallest absolute Gasteiger partial charge is 0.399 e. The van der Waals surface area contributed by atoms with Crippen LogP contribution in [0.1, 0.15) is 39.3 Å². The van der Waals surface area contributed by atoms with E-state index in [0.29, 0.717) is 22.3 Å². The Morgan fingerprint density at radius 1 is 0.696 bits per heavy atom. The van der Waals surface area contributed by atoms with E-state index in [-0.39, 0.29) is 22.6 Å². The van der Waals surface area contributed by atoms with Gasteiger partial charge in [0.15, 0.2) is 0 Å². The molecular formula is C18H19F3O2. The highest BCUT2D eigenvalue weighted by Gasteiger charge is 2.43. The van der Waals surface area contributed by atoms with Gasteiger partial charge in [0.05, 0.1) is 0 Å². The standard InChI is InChI=1S/C18H19F3O2/c1-9-7-15(22)11(3)5-13(9)17(18(19,20)21)14-6-12(4)16(23)8-10(14)2/h5-8,17,22-23H,1-4H3. The zero-order valence-electron chi connectivity index (χ0n) is 13.4. The highest BCUT2D eigenvalue weighted by Crippen LogP contribution is 2.44. The molecule has 0 aliphatic carbocycles. The molecule has 0 saturated carbocycles. The van der Waals surface area contributed by atoms with Crippen molar-refractivity contribution in [3.05, 3.63) is 57.6 Å². The molecule has 0 aromatic heterocycles. The number of benzene rings is 2. The molecule has 2 nitrogen and oxygen atoms in total. The number of aromatic hydroxyl groups is 2. The second-order valence-electron chi connectivity index (χ2n) is 5.97. The van der Waals surface area contributed by atoms with Crippen molar-refractivity contribution in [1.29, 1.82) is 0 Å². The molecule has 0 aliphatic heterocycles. The van der Waals surface area contributed by atoms with Crippen LogP contribution in [-0.2, 0) is 0 Å². The molecule has 2 rings (SSSR count). The van der Waals surface area contributed by atoms with Gasteiger partial charge in [-0.25, -0.2) is 0 Å². The Labute approximate surface area is 133 Å². The summed E-state index contributed by atoms with van der Waals surface area (Å²) in [6, 6.07) is 5.47. The van der Waals surface area contributed by atoms with Crippen LogP contribution in [0.25, 0.3) is 0 Å². The normalized spacial score (nSPS) is 12.0. The monoisotopic (exact) mass is 324 g/mol. The van der Waals surface area contributed by atoms with E-state index >= 15 is 0 Å². The van der Waals surface area contributed by atoms with Crippen LogP contribution >= 0.6 is 0 Å². The summed E-state index contributed by atoms with van der Waals surface area (Å²) in [4.78, 5) is 0. The lowest BCUT2D eigenvalue weighted by atomic mass is 9.84. The van der Waals surface area contributed by atoms with Gasteiger partial charge in [0.2, 0.25) is 0 Å². The van der Waals surface area contributed by atoms with Gasteiger partial charge >= 0.3 is 6.18 Å². The van der Waals surface area contributed by atoms with Crippen LogP contribution in [-0.4, -0.2) is 16.4 Å². The summed E-state index contributed by atoms with van der Waals surface area (Å²) in [5.41, 5.74) is 1.77. The number of alkyl halides is 3. The average Bonchev–Trinajstić information content (AvgIpc) is 2.40. The predicted octanol–water partition coefficient (Wildman–Crippen LogP) is 5.03. The average molecular weight is 324 g/mol. The Bertz CT molecular complexity index is 691. The molecule has 0 atom stereocenters. The second kappa shape index (κ2) is 5.80. The molecule has 0 radical (unpaired) electrons. The highest BCUT2D eigenvalue weighted by molar-refractivity contribution is 5.50. The van der Waals surface area contributed by atoms with Gasteiger partial charge in [0.1, 0.15) is 17.4 Å². The predicted molar refractivity (Wildman–Crippen MR) is 83.1 cm³/mol. The molecular weight excluding hydrogens is 305 g/mol. The van der Waals surface area contributed by atoms with E-state index in [0.717, 1.165) is 0 Å². The van der Waals surface area contributed by atoms with Crippen molar-refractivity contribution >= 4 is 0 Å². The molecule has 0 aliphatic rings. The molecule has 2 N–H and O–H groups in total. The van der Waals surface area contributed by atoms with E-state index in [1.165, 1.54) is 24.3 Å². The molecule has 5 heteroatoms. The van der Waals surface area contributed by atoms with Crippen LogP contribution in [0, 0.1) is 27.7 Å². The van der Waals surface area contributed by atoms with Crippen molar-refractivity contribution < 1.29 is 23.4 Å². The van der Waals surface area contributed by atoms with Crippen molar-refractivity contribution in [2.75, 3.05) is 0 Å². The maximum absolute atomic E-state index is 13.8. The molecule has 23 heavy (non-hydrogen) atoms. The van der Waals surface area contributed by atoms with Gasteiger partial charge in [0, 0.05) is 0 Å².